The molecule has 3 unspecified atom stereocenters. The van der Waals surface area contributed by atoms with Crippen LogP contribution >= 0.6 is 0 Å². The summed E-state index contributed by atoms with van der Waals surface area (Å²) in [5.41, 5.74) is 12.1. The molecule has 0 bridgehead atoms. The smallest absolute Gasteiger partial charge is 0.236 e. The lowest BCUT2D eigenvalue weighted by Crippen LogP contribution is -2.37. The fourth-order valence-electron chi connectivity index (χ4n) is 1.32. The van der Waals surface area contributed by atoms with Gasteiger partial charge in [0.2, 0.25) is 17.7 Å². The number of carbonyl (C=O) groups excluding carboxylic acids is 3. The number of amides is 3. The van der Waals surface area contributed by atoms with Gasteiger partial charge in [-0.2, -0.15) is 0 Å². The highest BCUT2D eigenvalue weighted by Crippen LogP contribution is 2.15. The number of rotatable bonds is 7. The van der Waals surface area contributed by atoms with E-state index in [0.29, 0.717) is 12.8 Å². The van der Waals surface area contributed by atoms with Crippen molar-refractivity contribution < 1.29 is 14.4 Å². The minimum absolute atomic E-state index is 0.0417. The van der Waals surface area contributed by atoms with Gasteiger partial charge in [0, 0.05) is 17.8 Å². The number of primary amides is 2. The van der Waals surface area contributed by atoms with Crippen molar-refractivity contribution in [2.75, 3.05) is 0 Å². The summed E-state index contributed by atoms with van der Waals surface area (Å²) in [5.74, 6) is 3.68. The second-order valence-electron chi connectivity index (χ2n) is 4.86. The van der Waals surface area contributed by atoms with Gasteiger partial charge in [0.05, 0.1) is 0 Å². The summed E-state index contributed by atoms with van der Waals surface area (Å²) in [6, 6.07) is 0. The van der Waals surface area contributed by atoms with Gasteiger partial charge in [-0.25, -0.2) is 5.84 Å². The maximum Gasteiger partial charge on any atom is 0.236 e. The van der Waals surface area contributed by atoms with Crippen molar-refractivity contribution in [3.8, 4) is 0 Å². The van der Waals surface area contributed by atoms with Gasteiger partial charge in [-0.15, -0.1) is 0 Å². The van der Waals surface area contributed by atoms with E-state index in [1.165, 1.54) is 0 Å². The van der Waals surface area contributed by atoms with E-state index in [9.17, 15) is 14.4 Å². The Labute approximate surface area is 120 Å². The Bertz CT molecular complexity index is 321. The predicted molar refractivity (Wildman–Crippen MR) is 77.7 cm³/mol. The van der Waals surface area contributed by atoms with Crippen molar-refractivity contribution in [1.29, 1.82) is 0 Å². The third-order valence-corrected chi connectivity index (χ3v) is 3.23. The lowest BCUT2D eigenvalue weighted by molar-refractivity contribution is -0.127. The molecule has 0 aromatic carbocycles. The van der Waals surface area contributed by atoms with E-state index in [-0.39, 0.29) is 35.5 Å². The van der Waals surface area contributed by atoms with Crippen molar-refractivity contribution in [2.45, 2.75) is 47.0 Å². The van der Waals surface area contributed by atoms with Crippen LogP contribution in [0.2, 0.25) is 0 Å². The first-order valence-electron chi connectivity index (χ1n) is 6.80. The molecule has 0 rings (SSSR count). The first kappa shape index (κ1) is 20.7. The average molecular weight is 288 g/mol. The molecule has 3 amide bonds. The Morgan fingerprint density at radius 1 is 0.950 bits per heavy atom. The fourth-order valence-corrected chi connectivity index (χ4v) is 1.32. The van der Waals surface area contributed by atoms with Crippen LogP contribution in [-0.2, 0) is 14.4 Å². The highest BCUT2D eigenvalue weighted by Gasteiger charge is 2.20. The van der Waals surface area contributed by atoms with Crippen LogP contribution in [0, 0.1) is 17.8 Å². The van der Waals surface area contributed by atoms with Crippen LogP contribution in [0.25, 0.3) is 0 Å². The Kier molecular flexibility index (Phi) is 11.6. The van der Waals surface area contributed by atoms with Gasteiger partial charge in [-0.05, 0) is 19.3 Å². The molecule has 0 fully saturated rings. The number of nitrogens with one attached hydrogen (secondary N) is 1. The van der Waals surface area contributed by atoms with Crippen LogP contribution in [0.1, 0.15) is 47.0 Å². The molecule has 0 spiro atoms. The van der Waals surface area contributed by atoms with Gasteiger partial charge in [0.15, 0.2) is 0 Å². The molecule has 7 N–H and O–H groups in total. The second kappa shape index (κ2) is 11.2. The zero-order chi connectivity index (χ0) is 16.3. The van der Waals surface area contributed by atoms with Gasteiger partial charge in [0.1, 0.15) is 0 Å². The normalized spacial score (nSPS) is 14.2. The number of hydrazine groups is 1. The molecule has 3 atom stereocenters. The third kappa shape index (κ3) is 9.32. The minimum atomic E-state index is -0.386. The van der Waals surface area contributed by atoms with Crippen LogP contribution in [0.15, 0.2) is 0 Å². The number of hydrogen-bond donors (Lipinski definition) is 4. The number of nitrogens with two attached hydrogens (primary N) is 3. The van der Waals surface area contributed by atoms with E-state index >= 15 is 0 Å². The van der Waals surface area contributed by atoms with E-state index in [1.54, 1.807) is 6.92 Å². The van der Waals surface area contributed by atoms with Crippen molar-refractivity contribution in [3.05, 3.63) is 0 Å². The zero-order valence-corrected chi connectivity index (χ0v) is 12.8. The lowest BCUT2D eigenvalue weighted by atomic mass is 9.93. The molecule has 0 saturated carbocycles. The van der Waals surface area contributed by atoms with E-state index in [4.69, 9.17) is 17.3 Å². The van der Waals surface area contributed by atoms with Crippen LogP contribution in [0.5, 0.6) is 0 Å². The first-order valence-corrected chi connectivity index (χ1v) is 6.80. The highest BCUT2D eigenvalue weighted by molar-refractivity contribution is 5.80. The Morgan fingerprint density at radius 2 is 1.40 bits per heavy atom. The van der Waals surface area contributed by atoms with Gasteiger partial charge < -0.3 is 11.5 Å². The van der Waals surface area contributed by atoms with Gasteiger partial charge >= 0.3 is 0 Å². The number of hydrogen-bond acceptors (Lipinski definition) is 4. The Morgan fingerprint density at radius 3 is 1.60 bits per heavy atom. The molecule has 0 aromatic heterocycles. The molecule has 0 saturated heterocycles. The van der Waals surface area contributed by atoms with Gasteiger partial charge in [-0.1, -0.05) is 27.7 Å². The van der Waals surface area contributed by atoms with Crippen molar-refractivity contribution >= 4 is 17.7 Å². The van der Waals surface area contributed by atoms with Gasteiger partial charge in [-0.3, -0.25) is 19.8 Å². The summed E-state index contributed by atoms with van der Waals surface area (Å²) in [4.78, 5) is 32.0. The lowest BCUT2D eigenvalue weighted by Gasteiger charge is -2.15. The molecule has 7 heteroatoms. The average Bonchev–Trinajstić information content (AvgIpc) is 2.42. The van der Waals surface area contributed by atoms with E-state index < -0.39 is 0 Å². The molecule has 118 valence electrons. The first-order chi connectivity index (χ1) is 9.20. The standard InChI is InChI=1S/C8H17N3O2.C5H11NO/c1-3-6(8(13)11-10)4-5(2)7(9)12;1-3-4(2)5(6)7/h5-6H,3-4,10H2,1-2H3,(H2,9,12)(H,11,13);4H,3H2,1-2H3,(H2,6,7). The largest absolute Gasteiger partial charge is 0.369 e. The second-order valence-corrected chi connectivity index (χ2v) is 4.86. The maximum atomic E-state index is 11.1. The van der Waals surface area contributed by atoms with Crippen molar-refractivity contribution in [1.82, 2.24) is 5.43 Å². The molecule has 0 heterocycles. The zero-order valence-electron chi connectivity index (χ0n) is 12.8. The van der Waals surface area contributed by atoms with Crippen molar-refractivity contribution in [3.63, 3.8) is 0 Å². The van der Waals surface area contributed by atoms with Crippen LogP contribution in [-0.4, -0.2) is 17.7 Å². The van der Waals surface area contributed by atoms with Crippen LogP contribution in [0.4, 0.5) is 0 Å². The van der Waals surface area contributed by atoms with Crippen LogP contribution < -0.4 is 22.7 Å². The molecule has 0 aromatic rings. The molecule has 0 aliphatic heterocycles. The van der Waals surface area contributed by atoms with E-state index in [0.717, 1.165) is 6.42 Å². The Balaban J connectivity index is 0. The fraction of sp³-hybridized carbons (Fsp3) is 0.769. The molecule has 7 nitrogen and oxygen atoms in total. The topological polar surface area (TPSA) is 141 Å². The summed E-state index contributed by atoms with van der Waals surface area (Å²) in [6.45, 7) is 7.33. The molecule has 20 heavy (non-hydrogen) atoms. The summed E-state index contributed by atoms with van der Waals surface area (Å²) in [6.07, 6.45) is 1.95. The molecular weight excluding hydrogens is 260 g/mol. The van der Waals surface area contributed by atoms with E-state index in [1.807, 2.05) is 20.8 Å². The molecule has 0 aliphatic carbocycles. The van der Waals surface area contributed by atoms with E-state index in [2.05, 4.69) is 5.43 Å². The molecule has 0 aliphatic rings. The summed E-state index contributed by atoms with van der Waals surface area (Å²) in [7, 11) is 0. The summed E-state index contributed by atoms with van der Waals surface area (Å²) >= 11 is 0. The van der Waals surface area contributed by atoms with Crippen LogP contribution in [0.3, 0.4) is 0 Å². The maximum absolute atomic E-state index is 11.1. The third-order valence-electron chi connectivity index (χ3n) is 3.23. The summed E-state index contributed by atoms with van der Waals surface area (Å²) in [5, 5.41) is 0. The quantitative estimate of drug-likeness (QED) is 0.298. The Hall–Kier alpha value is -1.63. The molecular formula is C13H28N4O3. The van der Waals surface area contributed by atoms with Crippen molar-refractivity contribution in [2.24, 2.45) is 35.1 Å². The predicted octanol–water partition coefficient (Wildman–Crippen LogP) is 0.0318. The number of carbonyl (C=O) groups is 3. The summed E-state index contributed by atoms with van der Waals surface area (Å²) < 4.78 is 0. The SMILES string of the molecule is CCC(C)C(N)=O.CCC(CC(C)C(N)=O)C(=O)NN. The highest BCUT2D eigenvalue weighted by atomic mass is 16.2. The minimum Gasteiger partial charge on any atom is -0.369 e. The monoisotopic (exact) mass is 288 g/mol. The van der Waals surface area contributed by atoms with Gasteiger partial charge in [0.25, 0.3) is 0 Å². The molecule has 0 radical (unpaired) electrons.